The molecule has 0 amide bonds. The van der Waals surface area contributed by atoms with E-state index in [1.807, 2.05) is 18.3 Å². The third-order valence-corrected chi connectivity index (χ3v) is 5.87. The van der Waals surface area contributed by atoms with E-state index in [0.717, 1.165) is 23.7 Å². The fourth-order valence-corrected chi connectivity index (χ4v) is 4.64. The fourth-order valence-electron chi connectivity index (χ4n) is 4.64. The van der Waals surface area contributed by atoms with Crippen LogP contribution in [0.25, 0.3) is 10.8 Å². The molecule has 2 N–H and O–H groups in total. The van der Waals surface area contributed by atoms with Crippen LogP contribution in [0.1, 0.15) is 32.1 Å². The molecule has 0 unspecified atom stereocenters. The number of fused-ring (bicyclic) bond motifs is 3. The van der Waals surface area contributed by atoms with Gasteiger partial charge < -0.3 is 0 Å². The monoisotopic (exact) mass is 310 g/mol. The second-order valence-corrected chi connectivity index (χ2v) is 7.24. The standard InChI is InChI=1S/C18H22N4O/c1-2-4-15-11-19-17(9-14(15)3-1)21-22-20-12-18(23-22)10-13-5-7-16(18)8-6-13/h1-4,9,11,13,16,20H,5-8,10,12H2,(H,19,21)/t13?,16?,18-/m0/s1. The maximum absolute atomic E-state index is 6.31. The first-order valence-electron chi connectivity index (χ1n) is 8.65. The smallest absolute Gasteiger partial charge is 0.143 e. The molecule has 3 saturated carbocycles. The molecule has 1 spiro atoms. The molecule has 120 valence electrons. The third-order valence-electron chi connectivity index (χ3n) is 5.87. The van der Waals surface area contributed by atoms with E-state index in [9.17, 15) is 0 Å². The molecule has 1 aromatic carbocycles. The van der Waals surface area contributed by atoms with E-state index in [0.29, 0.717) is 5.92 Å². The van der Waals surface area contributed by atoms with Gasteiger partial charge in [0.05, 0.1) is 0 Å². The lowest BCUT2D eigenvalue weighted by molar-refractivity contribution is -0.235. The molecule has 2 bridgehead atoms. The van der Waals surface area contributed by atoms with Gasteiger partial charge in [-0.15, -0.1) is 0 Å². The summed E-state index contributed by atoms with van der Waals surface area (Å²) < 4.78 is 0. The molecule has 2 aromatic rings. The van der Waals surface area contributed by atoms with Crippen molar-refractivity contribution in [2.45, 2.75) is 37.7 Å². The van der Waals surface area contributed by atoms with Gasteiger partial charge in [0.1, 0.15) is 11.4 Å². The zero-order valence-electron chi connectivity index (χ0n) is 13.2. The van der Waals surface area contributed by atoms with Crippen molar-refractivity contribution in [1.29, 1.82) is 0 Å². The van der Waals surface area contributed by atoms with Gasteiger partial charge in [-0.1, -0.05) is 24.3 Å². The Hall–Kier alpha value is -1.69. The van der Waals surface area contributed by atoms with Crippen LogP contribution in [0.2, 0.25) is 0 Å². The van der Waals surface area contributed by atoms with E-state index in [-0.39, 0.29) is 5.60 Å². The molecular weight excluding hydrogens is 288 g/mol. The maximum atomic E-state index is 6.31. The largest absolute Gasteiger partial charge is 0.265 e. The SMILES string of the molecule is c1ccc2cc(NN3NC[C@]4(CC5CCC4CC5)O3)ncc2c1. The number of pyridine rings is 1. The Kier molecular flexibility index (Phi) is 3.08. The zero-order chi connectivity index (χ0) is 15.3. The predicted octanol–water partition coefficient (Wildman–Crippen LogP) is 3.26. The molecule has 4 aliphatic rings. The minimum Gasteiger partial charge on any atom is -0.265 e. The lowest BCUT2D eigenvalue weighted by Crippen LogP contribution is -2.50. The molecule has 1 atom stereocenters. The van der Waals surface area contributed by atoms with Crippen LogP contribution in [0.15, 0.2) is 36.5 Å². The second kappa shape index (κ2) is 5.16. The van der Waals surface area contributed by atoms with Crippen LogP contribution >= 0.6 is 0 Å². The Balaban J connectivity index is 1.33. The number of anilines is 1. The summed E-state index contributed by atoms with van der Waals surface area (Å²) in [5, 5.41) is 4.00. The van der Waals surface area contributed by atoms with Crippen LogP contribution < -0.4 is 10.9 Å². The fraction of sp³-hybridized carbons (Fsp3) is 0.500. The highest BCUT2D eigenvalue weighted by molar-refractivity contribution is 5.83. The first kappa shape index (κ1) is 13.7. The van der Waals surface area contributed by atoms with Crippen molar-refractivity contribution in [1.82, 2.24) is 15.7 Å². The summed E-state index contributed by atoms with van der Waals surface area (Å²) in [6.45, 7) is 0.898. The molecule has 3 aliphatic carbocycles. The molecule has 0 radical (unpaired) electrons. The highest BCUT2D eigenvalue weighted by Gasteiger charge is 2.52. The van der Waals surface area contributed by atoms with Gasteiger partial charge in [-0.05, 0) is 60.7 Å². The quantitative estimate of drug-likeness (QED) is 0.891. The summed E-state index contributed by atoms with van der Waals surface area (Å²) in [6, 6.07) is 10.3. The van der Waals surface area contributed by atoms with Crippen LogP contribution in [0.5, 0.6) is 0 Å². The van der Waals surface area contributed by atoms with E-state index >= 15 is 0 Å². The number of nitrogens with one attached hydrogen (secondary N) is 2. The summed E-state index contributed by atoms with van der Waals surface area (Å²) in [5.41, 5.74) is 6.60. The average Bonchev–Trinajstić information content (AvgIpc) is 2.98. The van der Waals surface area contributed by atoms with Gasteiger partial charge in [0.25, 0.3) is 0 Å². The van der Waals surface area contributed by atoms with Crippen molar-refractivity contribution in [3.63, 3.8) is 0 Å². The van der Waals surface area contributed by atoms with E-state index in [2.05, 4.69) is 34.0 Å². The number of hydrogen-bond acceptors (Lipinski definition) is 5. The van der Waals surface area contributed by atoms with Crippen molar-refractivity contribution < 1.29 is 4.84 Å². The Labute approximate surface area is 135 Å². The van der Waals surface area contributed by atoms with Gasteiger partial charge in [0.15, 0.2) is 0 Å². The topological polar surface area (TPSA) is 49.4 Å². The van der Waals surface area contributed by atoms with Crippen LogP contribution in [-0.4, -0.2) is 22.4 Å². The van der Waals surface area contributed by atoms with Gasteiger partial charge in [-0.3, -0.25) is 10.3 Å². The van der Waals surface area contributed by atoms with Crippen molar-refractivity contribution in [2.24, 2.45) is 11.8 Å². The minimum absolute atomic E-state index is 0.00891. The van der Waals surface area contributed by atoms with Crippen molar-refractivity contribution in [3.05, 3.63) is 36.5 Å². The summed E-state index contributed by atoms with van der Waals surface area (Å²) in [7, 11) is 0. The van der Waals surface area contributed by atoms with Crippen LogP contribution in [0.3, 0.4) is 0 Å². The van der Waals surface area contributed by atoms with Crippen LogP contribution in [-0.2, 0) is 4.84 Å². The zero-order valence-corrected chi connectivity index (χ0v) is 13.2. The van der Waals surface area contributed by atoms with E-state index in [1.165, 1.54) is 37.5 Å². The van der Waals surface area contributed by atoms with Crippen LogP contribution in [0, 0.1) is 11.8 Å². The van der Waals surface area contributed by atoms with E-state index in [1.54, 1.807) is 5.28 Å². The maximum Gasteiger partial charge on any atom is 0.143 e. The molecule has 4 fully saturated rings. The second-order valence-electron chi connectivity index (χ2n) is 7.24. The molecule has 1 saturated heterocycles. The van der Waals surface area contributed by atoms with Gasteiger partial charge in [-0.2, -0.15) is 0 Å². The molecular formula is C18H22N4O. The third kappa shape index (κ3) is 2.31. The highest BCUT2D eigenvalue weighted by atomic mass is 16.8. The molecule has 23 heavy (non-hydrogen) atoms. The van der Waals surface area contributed by atoms with Gasteiger partial charge in [-0.25, -0.2) is 10.4 Å². The molecule has 6 rings (SSSR count). The number of benzene rings is 1. The highest BCUT2D eigenvalue weighted by Crippen LogP contribution is 2.50. The van der Waals surface area contributed by atoms with Gasteiger partial charge in [0.2, 0.25) is 0 Å². The van der Waals surface area contributed by atoms with Crippen molar-refractivity contribution >= 4 is 16.6 Å². The lowest BCUT2D eigenvalue weighted by atomic mass is 9.62. The Morgan fingerprint density at radius 3 is 2.78 bits per heavy atom. The first-order valence-corrected chi connectivity index (χ1v) is 8.65. The number of aromatic nitrogens is 1. The summed E-state index contributed by atoms with van der Waals surface area (Å²) in [5.74, 6) is 2.34. The van der Waals surface area contributed by atoms with Gasteiger partial charge >= 0.3 is 0 Å². The molecule has 5 nitrogen and oxygen atoms in total. The normalized spacial score (nSPS) is 33.6. The molecule has 1 aromatic heterocycles. The summed E-state index contributed by atoms with van der Waals surface area (Å²) >= 11 is 0. The molecule has 2 heterocycles. The Morgan fingerprint density at radius 2 is 2.00 bits per heavy atom. The predicted molar refractivity (Wildman–Crippen MR) is 89.1 cm³/mol. The van der Waals surface area contributed by atoms with Crippen molar-refractivity contribution in [3.8, 4) is 0 Å². The number of hydrogen-bond donors (Lipinski definition) is 2. The molecule has 5 heteroatoms. The number of hydrazine groups is 2. The first-order chi connectivity index (χ1) is 11.3. The minimum atomic E-state index is -0.00891. The van der Waals surface area contributed by atoms with Crippen LogP contribution in [0.4, 0.5) is 5.82 Å². The lowest BCUT2D eigenvalue weighted by Gasteiger charge is -2.47. The van der Waals surface area contributed by atoms with E-state index in [4.69, 9.17) is 4.84 Å². The number of nitrogens with zero attached hydrogens (tertiary/aromatic N) is 2. The molecule has 1 aliphatic heterocycles. The summed E-state index contributed by atoms with van der Waals surface area (Å²) in [6.07, 6.45) is 8.48. The van der Waals surface area contributed by atoms with Gasteiger partial charge in [0, 0.05) is 18.1 Å². The summed E-state index contributed by atoms with van der Waals surface area (Å²) in [4.78, 5) is 10.8. The van der Waals surface area contributed by atoms with Crippen molar-refractivity contribution in [2.75, 3.05) is 12.0 Å². The Morgan fingerprint density at radius 1 is 1.17 bits per heavy atom. The average molecular weight is 310 g/mol. The number of rotatable bonds is 2. The van der Waals surface area contributed by atoms with E-state index < -0.39 is 0 Å². The Bertz CT molecular complexity index is 728.